The van der Waals surface area contributed by atoms with Crippen molar-refractivity contribution in [3.8, 4) is 0 Å². The van der Waals surface area contributed by atoms with Gasteiger partial charge in [0, 0.05) is 0 Å². The molecule has 0 heterocycles. The monoisotopic (exact) mass is 167 g/mol. The Morgan fingerprint density at radius 3 is 2.43 bits per heavy atom. The lowest BCUT2D eigenvalue weighted by Crippen LogP contribution is -2.15. The summed E-state index contributed by atoms with van der Waals surface area (Å²) in [5.74, 6) is 0. The molecule has 0 spiro atoms. The number of halogens is 1. The average molecular weight is 168 g/mol. The number of hydrogen-bond donors (Lipinski definition) is 1. The maximum atomic E-state index is 9.78. The molecule has 0 aliphatic heterocycles. The van der Waals surface area contributed by atoms with E-state index in [0.717, 1.165) is 0 Å². The predicted octanol–water partition coefficient (Wildman–Crippen LogP) is 0.823. The van der Waals surface area contributed by atoms with Crippen LogP contribution in [0.5, 0.6) is 0 Å². The van der Waals surface area contributed by atoms with Crippen LogP contribution in [0.3, 0.4) is 0 Å². The van der Waals surface area contributed by atoms with Gasteiger partial charge in [-0.15, -0.1) is 0 Å². The molecule has 0 aliphatic rings. The van der Waals surface area contributed by atoms with Gasteiger partial charge in [-0.2, -0.15) is 0 Å². The standard InChI is InChI=1S/C3H6BrNO2/c1-2(4)7-3(5)6/h2H,1H3,(H2,5,6). The van der Waals surface area contributed by atoms with Crippen molar-refractivity contribution in [1.82, 2.24) is 0 Å². The molecule has 0 aromatic heterocycles. The van der Waals surface area contributed by atoms with E-state index in [1.165, 1.54) is 0 Å². The third-order valence-corrected chi connectivity index (χ3v) is 0.465. The van der Waals surface area contributed by atoms with Crippen LogP contribution in [-0.4, -0.2) is 11.1 Å². The molecule has 1 atom stereocenters. The third kappa shape index (κ3) is 5.75. The zero-order valence-corrected chi connectivity index (χ0v) is 5.44. The molecule has 0 aromatic carbocycles. The van der Waals surface area contributed by atoms with Gasteiger partial charge in [0.25, 0.3) is 0 Å². The molecule has 1 amide bonds. The zero-order chi connectivity index (χ0) is 5.86. The van der Waals surface area contributed by atoms with Gasteiger partial charge >= 0.3 is 6.09 Å². The molecular weight excluding hydrogens is 162 g/mol. The first-order valence-corrected chi connectivity index (χ1v) is 2.64. The second-order valence-electron chi connectivity index (χ2n) is 0.980. The lowest BCUT2D eigenvalue weighted by Gasteiger charge is -1.99. The van der Waals surface area contributed by atoms with E-state index in [0.29, 0.717) is 0 Å². The summed E-state index contributed by atoms with van der Waals surface area (Å²) in [5, 5.41) is -0.287. The fourth-order valence-electron chi connectivity index (χ4n) is 0.160. The van der Waals surface area contributed by atoms with Crippen molar-refractivity contribution in [3.63, 3.8) is 0 Å². The molecule has 0 bridgehead atoms. The Labute approximate surface area is 50.0 Å². The third-order valence-electron chi connectivity index (χ3n) is 0.279. The molecule has 0 saturated heterocycles. The topological polar surface area (TPSA) is 52.3 Å². The molecular formula is C3H6BrNO2. The van der Waals surface area contributed by atoms with Crippen molar-refractivity contribution in [2.45, 2.75) is 11.9 Å². The zero-order valence-electron chi connectivity index (χ0n) is 3.85. The molecule has 0 aliphatic carbocycles. The van der Waals surface area contributed by atoms with E-state index >= 15 is 0 Å². The number of nitrogens with two attached hydrogens (primary N) is 1. The summed E-state index contributed by atoms with van der Waals surface area (Å²) < 4.78 is 4.31. The van der Waals surface area contributed by atoms with Gasteiger partial charge < -0.3 is 10.5 Å². The van der Waals surface area contributed by atoms with Gasteiger partial charge in [0.2, 0.25) is 0 Å². The van der Waals surface area contributed by atoms with Gasteiger partial charge in [0.05, 0.1) is 0 Å². The molecule has 0 rings (SSSR count). The SMILES string of the molecule is CC(Br)OC(N)=O. The maximum Gasteiger partial charge on any atom is 0.405 e. The second-order valence-corrected chi connectivity index (χ2v) is 2.27. The fraction of sp³-hybridized carbons (Fsp3) is 0.667. The van der Waals surface area contributed by atoms with Gasteiger partial charge in [-0.05, 0) is 22.9 Å². The first kappa shape index (κ1) is 6.75. The minimum absolute atomic E-state index is 0.287. The van der Waals surface area contributed by atoms with Crippen LogP contribution in [0.25, 0.3) is 0 Å². The van der Waals surface area contributed by atoms with E-state index in [1.54, 1.807) is 6.92 Å². The Balaban J connectivity index is 3.13. The summed E-state index contributed by atoms with van der Waals surface area (Å²) >= 11 is 2.95. The van der Waals surface area contributed by atoms with Crippen molar-refractivity contribution in [2.24, 2.45) is 5.73 Å². The molecule has 7 heavy (non-hydrogen) atoms. The smallest absolute Gasteiger partial charge is 0.405 e. The van der Waals surface area contributed by atoms with Gasteiger partial charge in [-0.1, -0.05) is 0 Å². The molecule has 1 unspecified atom stereocenters. The van der Waals surface area contributed by atoms with E-state index in [4.69, 9.17) is 0 Å². The van der Waals surface area contributed by atoms with Crippen molar-refractivity contribution < 1.29 is 9.53 Å². The van der Waals surface area contributed by atoms with Gasteiger partial charge in [0.15, 0.2) is 5.01 Å². The van der Waals surface area contributed by atoms with E-state index in [9.17, 15) is 4.79 Å². The van der Waals surface area contributed by atoms with E-state index in [1.807, 2.05) is 0 Å². The number of hydrogen-bond acceptors (Lipinski definition) is 2. The fourth-order valence-corrected chi connectivity index (χ4v) is 0.344. The second kappa shape index (κ2) is 2.85. The summed E-state index contributed by atoms with van der Waals surface area (Å²) in [4.78, 5) is 9.78. The van der Waals surface area contributed by atoms with E-state index in [-0.39, 0.29) is 5.01 Å². The summed E-state index contributed by atoms with van der Waals surface area (Å²) in [6.07, 6.45) is -0.760. The highest BCUT2D eigenvalue weighted by atomic mass is 79.9. The highest BCUT2D eigenvalue weighted by Crippen LogP contribution is 1.96. The predicted molar refractivity (Wildman–Crippen MR) is 29.1 cm³/mol. The molecule has 4 heteroatoms. The molecule has 0 fully saturated rings. The molecule has 2 N–H and O–H groups in total. The lowest BCUT2D eigenvalue weighted by atomic mass is 10.9. The molecule has 0 aromatic rings. The van der Waals surface area contributed by atoms with Crippen LogP contribution in [0, 0.1) is 0 Å². The summed E-state index contributed by atoms with van der Waals surface area (Å²) in [6, 6.07) is 0. The van der Waals surface area contributed by atoms with Crippen LogP contribution >= 0.6 is 15.9 Å². The van der Waals surface area contributed by atoms with Crippen molar-refractivity contribution >= 4 is 22.0 Å². The number of amides is 1. The molecule has 3 nitrogen and oxygen atoms in total. The van der Waals surface area contributed by atoms with Crippen LogP contribution in [0.2, 0.25) is 0 Å². The summed E-state index contributed by atoms with van der Waals surface area (Å²) in [5.41, 5.74) is 4.60. The van der Waals surface area contributed by atoms with E-state index < -0.39 is 6.09 Å². The van der Waals surface area contributed by atoms with Crippen molar-refractivity contribution in [3.05, 3.63) is 0 Å². The lowest BCUT2D eigenvalue weighted by molar-refractivity contribution is 0.154. The minimum atomic E-state index is -0.760. The quantitative estimate of drug-likeness (QED) is 0.589. The van der Waals surface area contributed by atoms with Gasteiger partial charge in [-0.3, -0.25) is 0 Å². The average Bonchev–Trinajstić information content (AvgIpc) is 1.27. The first-order valence-electron chi connectivity index (χ1n) is 1.73. The minimum Gasteiger partial charge on any atom is -0.435 e. The normalized spacial score (nSPS) is 12.9. The number of rotatable bonds is 1. The maximum absolute atomic E-state index is 9.78. The van der Waals surface area contributed by atoms with Crippen LogP contribution in [0.1, 0.15) is 6.92 Å². The highest BCUT2D eigenvalue weighted by Gasteiger charge is 1.96. The summed E-state index contributed by atoms with van der Waals surface area (Å²) in [6.45, 7) is 1.66. The van der Waals surface area contributed by atoms with Crippen molar-refractivity contribution in [1.29, 1.82) is 0 Å². The van der Waals surface area contributed by atoms with Crippen LogP contribution in [0.4, 0.5) is 4.79 Å². The molecule has 0 radical (unpaired) electrons. The Kier molecular flexibility index (Phi) is 2.75. The Morgan fingerprint density at radius 2 is 2.43 bits per heavy atom. The Hall–Kier alpha value is -0.250. The number of alkyl halides is 1. The van der Waals surface area contributed by atoms with Crippen LogP contribution < -0.4 is 5.73 Å². The summed E-state index contributed by atoms with van der Waals surface area (Å²) in [7, 11) is 0. The van der Waals surface area contributed by atoms with Crippen LogP contribution in [0.15, 0.2) is 0 Å². The number of carbonyl (C=O) groups is 1. The number of ether oxygens (including phenoxy) is 1. The Morgan fingerprint density at radius 1 is 2.00 bits per heavy atom. The number of carbonyl (C=O) groups excluding carboxylic acids is 1. The molecule has 42 valence electrons. The highest BCUT2D eigenvalue weighted by molar-refractivity contribution is 9.09. The van der Waals surface area contributed by atoms with Crippen molar-refractivity contribution in [2.75, 3.05) is 0 Å². The van der Waals surface area contributed by atoms with Gasteiger partial charge in [0.1, 0.15) is 0 Å². The molecule has 0 saturated carbocycles. The van der Waals surface area contributed by atoms with Crippen LogP contribution in [-0.2, 0) is 4.74 Å². The number of primary amides is 1. The van der Waals surface area contributed by atoms with Gasteiger partial charge in [-0.25, -0.2) is 4.79 Å². The first-order chi connectivity index (χ1) is 3.13. The Bertz CT molecular complexity index is 73.3. The van der Waals surface area contributed by atoms with E-state index in [2.05, 4.69) is 26.4 Å². The largest absolute Gasteiger partial charge is 0.435 e.